The van der Waals surface area contributed by atoms with Crippen molar-refractivity contribution in [3.8, 4) is 22.8 Å². The Morgan fingerprint density at radius 3 is 2.59 bits per heavy atom. The zero-order valence-electron chi connectivity index (χ0n) is 16.3. The Morgan fingerprint density at radius 1 is 1.14 bits per heavy atom. The second kappa shape index (κ2) is 9.05. The van der Waals surface area contributed by atoms with Gasteiger partial charge in [0.15, 0.2) is 17.3 Å². The van der Waals surface area contributed by atoms with E-state index in [-0.39, 0.29) is 12.4 Å². The van der Waals surface area contributed by atoms with Gasteiger partial charge in [0.1, 0.15) is 18.1 Å². The van der Waals surface area contributed by atoms with Gasteiger partial charge in [0, 0.05) is 22.8 Å². The van der Waals surface area contributed by atoms with Gasteiger partial charge in [-0.05, 0) is 43.3 Å². The summed E-state index contributed by atoms with van der Waals surface area (Å²) in [5.41, 5.74) is 2.59. The van der Waals surface area contributed by atoms with Crippen LogP contribution < -0.4 is 9.47 Å². The zero-order chi connectivity index (χ0) is 20.8. The van der Waals surface area contributed by atoms with Crippen molar-refractivity contribution < 1.29 is 27.9 Å². The molecule has 3 aromatic rings. The average molecular weight is 397 g/mol. The molecule has 0 saturated carbocycles. The number of halogens is 1. The molecular weight excluding hydrogens is 377 g/mol. The molecule has 29 heavy (non-hydrogen) atoms. The van der Waals surface area contributed by atoms with E-state index in [1.54, 1.807) is 50.4 Å². The SMILES string of the molecule is COc1cccc(/C=C/C(=O)OCc2noc(-c3ccc(F)cc3)c2C)c1OC. The fourth-order valence-electron chi connectivity index (χ4n) is 2.76. The third-order valence-electron chi connectivity index (χ3n) is 4.31. The van der Waals surface area contributed by atoms with E-state index >= 15 is 0 Å². The van der Waals surface area contributed by atoms with Crippen LogP contribution in [0.25, 0.3) is 17.4 Å². The van der Waals surface area contributed by atoms with Crippen molar-refractivity contribution in [3.05, 3.63) is 71.2 Å². The molecule has 1 aromatic heterocycles. The summed E-state index contributed by atoms with van der Waals surface area (Å²) >= 11 is 0. The van der Waals surface area contributed by atoms with Crippen LogP contribution in [0.15, 0.2) is 53.1 Å². The third-order valence-corrected chi connectivity index (χ3v) is 4.31. The van der Waals surface area contributed by atoms with Crippen molar-refractivity contribution in [1.82, 2.24) is 5.16 Å². The van der Waals surface area contributed by atoms with Crippen molar-refractivity contribution in [3.63, 3.8) is 0 Å². The summed E-state index contributed by atoms with van der Waals surface area (Å²) in [6.45, 7) is 1.75. The van der Waals surface area contributed by atoms with Crippen molar-refractivity contribution in [1.29, 1.82) is 0 Å². The van der Waals surface area contributed by atoms with Gasteiger partial charge in [-0.3, -0.25) is 0 Å². The molecule has 150 valence electrons. The molecule has 0 aliphatic rings. The molecule has 0 saturated heterocycles. The summed E-state index contributed by atoms with van der Waals surface area (Å²) in [4.78, 5) is 12.1. The van der Waals surface area contributed by atoms with Crippen LogP contribution in [0.4, 0.5) is 4.39 Å². The first-order valence-electron chi connectivity index (χ1n) is 8.80. The number of methoxy groups -OCH3 is 2. The number of benzene rings is 2. The van der Waals surface area contributed by atoms with Gasteiger partial charge in [0.25, 0.3) is 0 Å². The second-order valence-electron chi connectivity index (χ2n) is 6.11. The van der Waals surface area contributed by atoms with Gasteiger partial charge in [0.05, 0.1) is 14.2 Å². The molecule has 7 heteroatoms. The van der Waals surface area contributed by atoms with Gasteiger partial charge in [0.2, 0.25) is 0 Å². The first-order valence-corrected chi connectivity index (χ1v) is 8.80. The standard InChI is InChI=1S/C22H20FNO5/c1-14-18(24-29-21(14)16-7-10-17(23)11-8-16)13-28-20(25)12-9-15-5-4-6-19(26-2)22(15)27-3/h4-12H,13H2,1-3H3/b12-9+. The van der Waals surface area contributed by atoms with Gasteiger partial charge < -0.3 is 18.7 Å². The Labute approximate surface area is 167 Å². The van der Waals surface area contributed by atoms with Crippen LogP contribution in [0, 0.1) is 12.7 Å². The molecule has 0 radical (unpaired) electrons. The number of ether oxygens (including phenoxy) is 3. The van der Waals surface area contributed by atoms with Crippen LogP contribution in [0.5, 0.6) is 11.5 Å². The Kier molecular flexibility index (Phi) is 6.29. The quantitative estimate of drug-likeness (QED) is 0.430. The highest BCUT2D eigenvalue weighted by Crippen LogP contribution is 2.31. The minimum absolute atomic E-state index is 0.0467. The number of carbonyl (C=O) groups is 1. The minimum atomic E-state index is -0.541. The molecule has 0 bridgehead atoms. The molecule has 0 unspecified atom stereocenters. The van der Waals surface area contributed by atoms with Crippen LogP contribution in [-0.2, 0) is 16.1 Å². The summed E-state index contributed by atoms with van der Waals surface area (Å²) in [5, 5.41) is 3.95. The number of hydrogen-bond donors (Lipinski definition) is 0. The third kappa shape index (κ3) is 4.63. The topological polar surface area (TPSA) is 70.8 Å². The Balaban J connectivity index is 1.66. The molecule has 0 atom stereocenters. The number of rotatable bonds is 7. The fraction of sp³-hybridized carbons (Fsp3) is 0.182. The normalized spacial score (nSPS) is 10.9. The molecule has 0 aliphatic carbocycles. The maximum Gasteiger partial charge on any atom is 0.331 e. The largest absolute Gasteiger partial charge is 0.493 e. The summed E-state index contributed by atoms with van der Waals surface area (Å²) in [6.07, 6.45) is 2.89. The molecule has 1 heterocycles. The van der Waals surface area contributed by atoms with E-state index in [1.165, 1.54) is 25.3 Å². The summed E-state index contributed by atoms with van der Waals surface area (Å²) in [6, 6.07) is 11.2. The van der Waals surface area contributed by atoms with Crippen molar-refractivity contribution in [2.75, 3.05) is 14.2 Å². The molecule has 2 aromatic carbocycles. The molecule has 0 amide bonds. The van der Waals surface area contributed by atoms with Crippen molar-refractivity contribution >= 4 is 12.0 Å². The smallest absolute Gasteiger partial charge is 0.331 e. The number of carbonyl (C=O) groups excluding carboxylic acids is 1. The van der Waals surface area contributed by atoms with Crippen LogP contribution >= 0.6 is 0 Å². The molecule has 6 nitrogen and oxygen atoms in total. The lowest BCUT2D eigenvalue weighted by molar-refractivity contribution is -0.139. The monoisotopic (exact) mass is 397 g/mol. The van der Waals surface area contributed by atoms with E-state index < -0.39 is 5.97 Å². The summed E-state index contributed by atoms with van der Waals surface area (Å²) < 4.78 is 34.2. The molecule has 0 fully saturated rings. The predicted octanol–water partition coefficient (Wildman–Crippen LogP) is 4.56. The number of esters is 1. The minimum Gasteiger partial charge on any atom is -0.493 e. The van der Waals surface area contributed by atoms with Gasteiger partial charge in [-0.2, -0.15) is 0 Å². The summed E-state index contributed by atoms with van der Waals surface area (Å²) in [5.74, 6) is 0.720. The highest BCUT2D eigenvalue weighted by Gasteiger charge is 2.15. The second-order valence-corrected chi connectivity index (χ2v) is 6.11. The first kappa shape index (κ1) is 20.1. The zero-order valence-corrected chi connectivity index (χ0v) is 16.3. The fourth-order valence-corrected chi connectivity index (χ4v) is 2.76. The molecule has 0 aliphatic heterocycles. The molecule has 3 rings (SSSR count). The Bertz CT molecular complexity index is 1020. The van der Waals surface area contributed by atoms with E-state index in [0.29, 0.717) is 34.1 Å². The number of nitrogens with zero attached hydrogens (tertiary/aromatic N) is 1. The van der Waals surface area contributed by atoms with E-state index in [4.69, 9.17) is 18.7 Å². The van der Waals surface area contributed by atoms with Gasteiger partial charge >= 0.3 is 5.97 Å². The van der Waals surface area contributed by atoms with Gasteiger partial charge in [-0.1, -0.05) is 17.3 Å². The number of para-hydroxylation sites is 1. The maximum atomic E-state index is 13.1. The van der Waals surface area contributed by atoms with Crippen LogP contribution in [0.2, 0.25) is 0 Å². The van der Waals surface area contributed by atoms with E-state index in [1.807, 2.05) is 0 Å². The van der Waals surface area contributed by atoms with Crippen LogP contribution in [-0.4, -0.2) is 25.3 Å². The van der Waals surface area contributed by atoms with Crippen LogP contribution in [0.3, 0.4) is 0 Å². The van der Waals surface area contributed by atoms with E-state index in [2.05, 4.69) is 5.16 Å². The number of hydrogen-bond acceptors (Lipinski definition) is 6. The van der Waals surface area contributed by atoms with Crippen LogP contribution in [0.1, 0.15) is 16.8 Å². The van der Waals surface area contributed by atoms with E-state index in [9.17, 15) is 9.18 Å². The van der Waals surface area contributed by atoms with Gasteiger partial charge in [-0.25, -0.2) is 9.18 Å². The predicted molar refractivity (Wildman–Crippen MR) is 105 cm³/mol. The Hall–Kier alpha value is -3.61. The van der Waals surface area contributed by atoms with Crippen molar-refractivity contribution in [2.45, 2.75) is 13.5 Å². The number of aromatic nitrogens is 1. The van der Waals surface area contributed by atoms with Gasteiger partial charge in [-0.15, -0.1) is 0 Å². The average Bonchev–Trinajstić information content (AvgIpc) is 3.11. The lowest BCUT2D eigenvalue weighted by Gasteiger charge is -2.09. The highest BCUT2D eigenvalue weighted by atomic mass is 19.1. The molecular formula is C22H20FNO5. The summed E-state index contributed by atoms with van der Waals surface area (Å²) in [7, 11) is 3.07. The highest BCUT2D eigenvalue weighted by molar-refractivity contribution is 5.87. The van der Waals surface area contributed by atoms with Crippen molar-refractivity contribution in [2.24, 2.45) is 0 Å². The first-order chi connectivity index (χ1) is 14.0. The molecule has 0 spiro atoms. The molecule has 0 N–H and O–H groups in total. The Morgan fingerprint density at radius 2 is 1.90 bits per heavy atom. The lowest BCUT2D eigenvalue weighted by atomic mass is 10.1. The lowest BCUT2D eigenvalue weighted by Crippen LogP contribution is -2.02. The maximum absolute atomic E-state index is 13.1. The van der Waals surface area contributed by atoms with E-state index in [0.717, 1.165) is 5.56 Å².